The van der Waals surface area contributed by atoms with Gasteiger partial charge in [0.1, 0.15) is 0 Å². The van der Waals surface area contributed by atoms with E-state index in [9.17, 15) is 9.59 Å². The highest BCUT2D eigenvalue weighted by atomic mass is 35.5. The number of carbonyl (C=O) groups excluding carboxylic acids is 2. The van der Waals surface area contributed by atoms with Crippen LogP contribution in [0.2, 0.25) is 5.02 Å². The number of benzene rings is 1. The SMILES string of the molecule is NC(=O)NC(=O)CSc1nc2ccc(Cl)cc2[nH]1. The Morgan fingerprint density at radius 2 is 2.28 bits per heavy atom. The largest absolute Gasteiger partial charge is 0.351 e. The van der Waals surface area contributed by atoms with Gasteiger partial charge in [0.15, 0.2) is 5.16 Å². The number of halogens is 1. The molecule has 0 saturated carbocycles. The number of amides is 3. The molecule has 2 aromatic rings. The molecule has 0 saturated heterocycles. The van der Waals surface area contributed by atoms with Crippen molar-refractivity contribution >= 4 is 46.3 Å². The minimum absolute atomic E-state index is 0.0521. The van der Waals surface area contributed by atoms with Gasteiger partial charge in [-0.3, -0.25) is 10.1 Å². The predicted molar refractivity (Wildman–Crippen MR) is 69.6 cm³/mol. The number of H-pyrrole nitrogens is 1. The molecule has 94 valence electrons. The summed E-state index contributed by atoms with van der Waals surface area (Å²) in [4.78, 5) is 28.9. The summed E-state index contributed by atoms with van der Waals surface area (Å²) in [6.45, 7) is 0. The molecule has 0 aliphatic carbocycles. The molecule has 4 N–H and O–H groups in total. The smallest absolute Gasteiger partial charge is 0.318 e. The van der Waals surface area contributed by atoms with Gasteiger partial charge in [-0.05, 0) is 18.2 Å². The normalized spacial score (nSPS) is 10.5. The number of hydrogen-bond acceptors (Lipinski definition) is 4. The molecule has 2 rings (SSSR count). The van der Waals surface area contributed by atoms with Gasteiger partial charge < -0.3 is 10.7 Å². The van der Waals surface area contributed by atoms with Crippen molar-refractivity contribution in [1.82, 2.24) is 15.3 Å². The summed E-state index contributed by atoms with van der Waals surface area (Å²) in [5.74, 6) is -0.415. The van der Waals surface area contributed by atoms with Gasteiger partial charge in [0.2, 0.25) is 5.91 Å². The summed E-state index contributed by atoms with van der Waals surface area (Å²) in [6, 6.07) is 4.40. The van der Waals surface area contributed by atoms with Crippen LogP contribution in [0, 0.1) is 0 Å². The molecule has 0 fully saturated rings. The first-order valence-electron chi connectivity index (χ1n) is 4.92. The van der Waals surface area contributed by atoms with Crippen molar-refractivity contribution in [3.63, 3.8) is 0 Å². The quantitative estimate of drug-likeness (QED) is 0.744. The molecule has 0 bridgehead atoms. The van der Waals surface area contributed by atoms with Crippen molar-refractivity contribution in [2.75, 3.05) is 5.75 Å². The highest BCUT2D eigenvalue weighted by Crippen LogP contribution is 2.21. The third-order valence-electron chi connectivity index (χ3n) is 2.02. The van der Waals surface area contributed by atoms with Crippen molar-refractivity contribution < 1.29 is 9.59 Å². The Balaban J connectivity index is 2.04. The van der Waals surface area contributed by atoms with Crippen LogP contribution in [0.4, 0.5) is 4.79 Å². The Labute approximate surface area is 111 Å². The Morgan fingerprint density at radius 3 is 3.00 bits per heavy atom. The van der Waals surface area contributed by atoms with E-state index in [1.54, 1.807) is 18.2 Å². The van der Waals surface area contributed by atoms with E-state index in [4.69, 9.17) is 17.3 Å². The second-order valence-corrected chi connectivity index (χ2v) is 4.81. The van der Waals surface area contributed by atoms with Crippen molar-refractivity contribution in [2.24, 2.45) is 5.73 Å². The summed E-state index contributed by atoms with van der Waals surface area (Å²) >= 11 is 7.02. The fourth-order valence-electron chi connectivity index (χ4n) is 1.33. The van der Waals surface area contributed by atoms with Crippen molar-refractivity contribution in [2.45, 2.75) is 5.16 Å². The number of nitrogens with one attached hydrogen (secondary N) is 2. The fraction of sp³-hybridized carbons (Fsp3) is 0.100. The van der Waals surface area contributed by atoms with Crippen LogP contribution in [0.5, 0.6) is 0 Å². The fourth-order valence-corrected chi connectivity index (χ4v) is 2.19. The Morgan fingerprint density at radius 1 is 1.50 bits per heavy atom. The number of primary amides is 1. The lowest BCUT2D eigenvalue weighted by Gasteiger charge is -1.97. The predicted octanol–water partition coefficient (Wildman–Crippen LogP) is 1.50. The average Bonchev–Trinajstić information content (AvgIpc) is 2.67. The molecule has 0 radical (unpaired) electrons. The number of nitrogens with two attached hydrogens (primary N) is 1. The maximum absolute atomic E-state index is 11.2. The zero-order valence-corrected chi connectivity index (χ0v) is 10.6. The topological polar surface area (TPSA) is 101 Å². The Hall–Kier alpha value is -1.73. The van der Waals surface area contributed by atoms with E-state index in [0.717, 1.165) is 11.0 Å². The summed E-state index contributed by atoms with van der Waals surface area (Å²) in [5.41, 5.74) is 6.38. The molecule has 3 amide bonds. The lowest BCUT2D eigenvalue weighted by molar-refractivity contribution is -0.117. The first-order valence-corrected chi connectivity index (χ1v) is 6.28. The molecule has 0 unspecified atom stereocenters. The number of fused-ring (bicyclic) bond motifs is 1. The lowest BCUT2D eigenvalue weighted by Crippen LogP contribution is -2.36. The molecule has 1 heterocycles. The number of nitrogens with zero attached hydrogens (tertiary/aromatic N) is 1. The number of aromatic nitrogens is 2. The Bertz CT molecular complexity index is 613. The van der Waals surface area contributed by atoms with Crippen LogP contribution in [0.25, 0.3) is 11.0 Å². The number of carbonyl (C=O) groups is 2. The van der Waals surface area contributed by atoms with Gasteiger partial charge >= 0.3 is 6.03 Å². The summed E-state index contributed by atoms with van der Waals surface area (Å²) < 4.78 is 0. The number of aromatic amines is 1. The van der Waals surface area contributed by atoms with E-state index in [0.29, 0.717) is 10.2 Å². The van der Waals surface area contributed by atoms with Crippen molar-refractivity contribution in [3.8, 4) is 0 Å². The van der Waals surface area contributed by atoms with Crippen LogP contribution < -0.4 is 11.1 Å². The second kappa shape index (κ2) is 5.28. The minimum Gasteiger partial charge on any atom is -0.351 e. The number of imidazole rings is 1. The van der Waals surface area contributed by atoms with E-state index in [1.807, 2.05) is 5.32 Å². The van der Waals surface area contributed by atoms with E-state index in [1.165, 1.54) is 11.8 Å². The zero-order valence-electron chi connectivity index (χ0n) is 9.07. The van der Waals surface area contributed by atoms with Crippen molar-refractivity contribution in [3.05, 3.63) is 23.2 Å². The van der Waals surface area contributed by atoms with E-state index >= 15 is 0 Å². The number of thioether (sulfide) groups is 1. The summed E-state index contributed by atoms with van der Waals surface area (Å²) in [7, 11) is 0. The monoisotopic (exact) mass is 284 g/mol. The Kier molecular flexibility index (Phi) is 3.73. The van der Waals surface area contributed by atoms with Crippen molar-refractivity contribution in [1.29, 1.82) is 0 Å². The second-order valence-electron chi connectivity index (χ2n) is 3.40. The molecule has 18 heavy (non-hydrogen) atoms. The highest BCUT2D eigenvalue weighted by molar-refractivity contribution is 7.99. The lowest BCUT2D eigenvalue weighted by atomic mass is 10.3. The first-order chi connectivity index (χ1) is 8.54. The third kappa shape index (κ3) is 3.14. The first kappa shape index (κ1) is 12.7. The van der Waals surface area contributed by atoms with Gasteiger partial charge in [0.05, 0.1) is 16.8 Å². The molecular weight excluding hydrogens is 276 g/mol. The highest BCUT2D eigenvalue weighted by Gasteiger charge is 2.08. The van der Waals surface area contributed by atoms with Crippen LogP contribution in [0.1, 0.15) is 0 Å². The van der Waals surface area contributed by atoms with E-state index in [-0.39, 0.29) is 5.75 Å². The molecule has 0 atom stereocenters. The van der Waals surface area contributed by atoms with Crippen LogP contribution in [0.3, 0.4) is 0 Å². The van der Waals surface area contributed by atoms with Gasteiger partial charge in [0, 0.05) is 5.02 Å². The van der Waals surface area contributed by atoms with Gasteiger partial charge in [-0.25, -0.2) is 9.78 Å². The third-order valence-corrected chi connectivity index (χ3v) is 3.13. The maximum atomic E-state index is 11.2. The van der Waals surface area contributed by atoms with Gasteiger partial charge in [0.25, 0.3) is 0 Å². The van der Waals surface area contributed by atoms with Crippen LogP contribution in [-0.4, -0.2) is 27.7 Å². The molecule has 0 aliphatic heterocycles. The molecule has 8 heteroatoms. The summed E-state index contributed by atoms with van der Waals surface area (Å²) in [5, 5.41) is 3.15. The molecule has 0 aliphatic rings. The van der Waals surface area contributed by atoms with Gasteiger partial charge in [-0.1, -0.05) is 23.4 Å². The van der Waals surface area contributed by atoms with Crippen LogP contribution in [-0.2, 0) is 4.79 Å². The van der Waals surface area contributed by atoms with Gasteiger partial charge in [-0.15, -0.1) is 0 Å². The number of imide groups is 1. The zero-order chi connectivity index (χ0) is 13.1. The van der Waals surface area contributed by atoms with Gasteiger partial charge in [-0.2, -0.15) is 0 Å². The van der Waals surface area contributed by atoms with E-state index in [2.05, 4.69) is 9.97 Å². The number of urea groups is 1. The van der Waals surface area contributed by atoms with Crippen LogP contribution >= 0.6 is 23.4 Å². The molecule has 1 aromatic heterocycles. The number of rotatable bonds is 3. The number of hydrogen-bond donors (Lipinski definition) is 3. The standard InChI is InChI=1S/C10H9ClN4O2S/c11-5-1-2-6-7(3-5)14-10(13-6)18-4-8(16)15-9(12)17/h1-3H,4H2,(H,13,14)(H3,12,15,16,17). The molecule has 6 nitrogen and oxygen atoms in total. The average molecular weight is 285 g/mol. The maximum Gasteiger partial charge on any atom is 0.318 e. The molecule has 0 spiro atoms. The van der Waals surface area contributed by atoms with E-state index < -0.39 is 11.9 Å². The minimum atomic E-state index is -0.864. The summed E-state index contributed by atoms with van der Waals surface area (Å²) in [6.07, 6.45) is 0. The molecule has 1 aromatic carbocycles. The van der Waals surface area contributed by atoms with Crippen LogP contribution in [0.15, 0.2) is 23.4 Å². The molecular formula is C10H9ClN4O2S.